The van der Waals surface area contributed by atoms with Gasteiger partial charge in [-0.3, -0.25) is 4.79 Å². The van der Waals surface area contributed by atoms with Gasteiger partial charge in [-0.1, -0.05) is 30.7 Å². The van der Waals surface area contributed by atoms with Crippen LogP contribution in [0.2, 0.25) is 0 Å². The minimum absolute atomic E-state index is 0.134. The summed E-state index contributed by atoms with van der Waals surface area (Å²) < 4.78 is 0. The van der Waals surface area contributed by atoms with Crippen molar-refractivity contribution in [2.75, 3.05) is 6.54 Å². The zero-order valence-corrected chi connectivity index (χ0v) is 12.0. The van der Waals surface area contributed by atoms with E-state index in [2.05, 4.69) is 24.4 Å². The van der Waals surface area contributed by atoms with Gasteiger partial charge in [-0.15, -0.1) is 0 Å². The van der Waals surface area contributed by atoms with E-state index in [1.165, 1.54) is 11.1 Å². The Bertz CT molecular complexity index is 500. The number of aryl methyl sites for hydroxylation is 1. The van der Waals surface area contributed by atoms with Crippen LogP contribution in [0.25, 0.3) is 0 Å². The molecule has 1 aromatic rings. The first-order valence-corrected chi connectivity index (χ1v) is 7.68. The number of aliphatic hydroxyl groups excluding tert-OH is 1. The fourth-order valence-corrected chi connectivity index (χ4v) is 3.45. The van der Waals surface area contributed by atoms with Crippen molar-refractivity contribution in [3.05, 3.63) is 35.4 Å². The predicted molar refractivity (Wildman–Crippen MR) is 78.4 cm³/mol. The van der Waals surface area contributed by atoms with Crippen molar-refractivity contribution in [2.45, 2.75) is 44.6 Å². The van der Waals surface area contributed by atoms with Gasteiger partial charge in [-0.05, 0) is 43.2 Å². The summed E-state index contributed by atoms with van der Waals surface area (Å²) in [5.74, 6) is 0.950. The van der Waals surface area contributed by atoms with E-state index in [9.17, 15) is 9.90 Å². The average Bonchev–Trinajstić information content (AvgIpc) is 3.13. The molecule has 20 heavy (non-hydrogen) atoms. The van der Waals surface area contributed by atoms with Gasteiger partial charge in [-0.25, -0.2) is 0 Å². The maximum absolute atomic E-state index is 12.2. The average molecular weight is 273 g/mol. The molecule has 3 rings (SSSR count). The van der Waals surface area contributed by atoms with Crippen molar-refractivity contribution in [3.8, 4) is 0 Å². The Morgan fingerprint density at radius 1 is 1.35 bits per heavy atom. The van der Waals surface area contributed by atoms with E-state index < -0.39 is 0 Å². The van der Waals surface area contributed by atoms with E-state index in [-0.39, 0.29) is 23.8 Å². The highest BCUT2D eigenvalue weighted by molar-refractivity contribution is 5.83. The lowest BCUT2D eigenvalue weighted by Crippen LogP contribution is -2.33. The van der Waals surface area contributed by atoms with Crippen molar-refractivity contribution in [1.82, 2.24) is 5.32 Å². The van der Waals surface area contributed by atoms with Crippen LogP contribution in [0.4, 0.5) is 0 Å². The van der Waals surface area contributed by atoms with Gasteiger partial charge in [-0.2, -0.15) is 0 Å². The van der Waals surface area contributed by atoms with Gasteiger partial charge in [0.05, 0.1) is 6.10 Å². The number of rotatable bonds is 4. The molecule has 0 saturated heterocycles. The molecule has 3 nitrogen and oxygen atoms in total. The molecule has 0 spiro atoms. The summed E-state index contributed by atoms with van der Waals surface area (Å²) >= 11 is 0. The zero-order chi connectivity index (χ0) is 14.1. The summed E-state index contributed by atoms with van der Waals surface area (Å²) in [6.07, 6.45) is 3.74. The molecule has 2 fully saturated rings. The lowest BCUT2D eigenvalue weighted by atomic mass is 10.0. The highest BCUT2D eigenvalue weighted by Crippen LogP contribution is 2.48. The number of carbonyl (C=O) groups excluding carboxylic acids is 1. The fraction of sp³-hybridized carbons (Fsp3) is 0.588. The van der Waals surface area contributed by atoms with E-state index in [1.807, 2.05) is 12.1 Å². The van der Waals surface area contributed by atoms with Crippen LogP contribution in [0.15, 0.2) is 24.3 Å². The number of benzene rings is 1. The quantitative estimate of drug-likeness (QED) is 0.885. The molecule has 2 saturated carbocycles. The van der Waals surface area contributed by atoms with Crippen molar-refractivity contribution >= 4 is 5.91 Å². The molecule has 0 aromatic heterocycles. The number of carbonyl (C=O) groups is 1. The smallest absolute Gasteiger partial charge is 0.223 e. The highest BCUT2D eigenvalue weighted by atomic mass is 16.3. The second kappa shape index (κ2) is 5.57. The molecule has 4 unspecified atom stereocenters. The molecule has 0 radical (unpaired) electrons. The van der Waals surface area contributed by atoms with Gasteiger partial charge in [0.1, 0.15) is 0 Å². The van der Waals surface area contributed by atoms with Gasteiger partial charge in [0.25, 0.3) is 0 Å². The van der Waals surface area contributed by atoms with E-state index in [4.69, 9.17) is 0 Å². The van der Waals surface area contributed by atoms with Gasteiger partial charge >= 0.3 is 0 Å². The summed E-state index contributed by atoms with van der Waals surface area (Å²) in [6, 6.07) is 8.33. The predicted octanol–water partition coefficient (Wildman–Crippen LogP) is 2.38. The largest absolute Gasteiger partial charge is 0.393 e. The molecule has 2 N–H and O–H groups in total. The SMILES string of the molecule is Cc1ccccc1C1CC1C(=O)NCC1CCCC1O. The van der Waals surface area contributed by atoms with Crippen LogP contribution < -0.4 is 5.32 Å². The lowest BCUT2D eigenvalue weighted by molar-refractivity contribution is -0.122. The monoisotopic (exact) mass is 273 g/mol. The first-order chi connectivity index (χ1) is 9.66. The third-order valence-corrected chi connectivity index (χ3v) is 4.87. The molecule has 1 aromatic carbocycles. The summed E-state index contributed by atoms with van der Waals surface area (Å²) in [4.78, 5) is 12.2. The number of hydrogen-bond acceptors (Lipinski definition) is 2. The molecule has 0 heterocycles. The standard InChI is InChI=1S/C17H23NO2/c1-11-5-2-3-7-13(11)14-9-15(14)17(20)18-10-12-6-4-8-16(12)19/h2-3,5,7,12,14-16,19H,4,6,8-10H2,1H3,(H,18,20). The maximum atomic E-state index is 12.2. The number of aliphatic hydroxyl groups is 1. The summed E-state index contributed by atoms with van der Waals surface area (Å²) in [6.45, 7) is 2.74. The number of amides is 1. The Hall–Kier alpha value is -1.35. The highest BCUT2D eigenvalue weighted by Gasteiger charge is 2.44. The van der Waals surface area contributed by atoms with Gasteiger partial charge < -0.3 is 10.4 Å². The first-order valence-electron chi connectivity index (χ1n) is 7.68. The Morgan fingerprint density at radius 2 is 2.15 bits per heavy atom. The number of nitrogens with one attached hydrogen (secondary N) is 1. The molecular formula is C17H23NO2. The third-order valence-electron chi connectivity index (χ3n) is 4.87. The van der Waals surface area contributed by atoms with Crippen LogP contribution in [0.5, 0.6) is 0 Å². The molecule has 0 aliphatic heterocycles. The molecule has 2 aliphatic carbocycles. The Labute approximate surface area is 120 Å². The zero-order valence-electron chi connectivity index (χ0n) is 12.0. The minimum Gasteiger partial charge on any atom is -0.393 e. The van der Waals surface area contributed by atoms with Crippen LogP contribution >= 0.6 is 0 Å². The van der Waals surface area contributed by atoms with Gasteiger partial charge in [0, 0.05) is 18.4 Å². The van der Waals surface area contributed by atoms with Crippen LogP contribution in [-0.4, -0.2) is 23.7 Å². The normalized spacial score (nSPS) is 32.1. The van der Waals surface area contributed by atoms with E-state index in [0.717, 1.165) is 25.7 Å². The van der Waals surface area contributed by atoms with Gasteiger partial charge in [0.15, 0.2) is 0 Å². The molecule has 1 amide bonds. The molecule has 108 valence electrons. The topological polar surface area (TPSA) is 49.3 Å². The van der Waals surface area contributed by atoms with Crippen molar-refractivity contribution in [1.29, 1.82) is 0 Å². The van der Waals surface area contributed by atoms with E-state index >= 15 is 0 Å². The minimum atomic E-state index is -0.221. The first kappa shape index (κ1) is 13.6. The van der Waals surface area contributed by atoms with E-state index in [0.29, 0.717) is 12.5 Å². The molecule has 2 aliphatic rings. The van der Waals surface area contributed by atoms with Crippen LogP contribution in [0, 0.1) is 18.8 Å². The molecule has 0 bridgehead atoms. The van der Waals surface area contributed by atoms with Crippen LogP contribution in [0.1, 0.15) is 42.7 Å². The van der Waals surface area contributed by atoms with Crippen molar-refractivity contribution in [2.24, 2.45) is 11.8 Å². The van der Waals surface area contributed by atoms with Gasteiger partial charge in [0.2, 0.25) is 5.91 Å². The second-order valence-electron chi connectivity index (χ2n) is 6.31. The molecular weight excluding hydrogens is 250 g/mol. The molecule has 4 atom stereocenters. The summed E-state index contributed by atoms with van der Waals surface area (Å²) in [7, 11) is 0. The Kier molecular flexibility index (Phi) is 3.79. The van der Waals surface area contributed by atoms with Crippen LogP contribution in [0.3, 0.4) is 0 Å². The van der Waals surface area contributed by atoms with Crippen molar-refractivity contribution in [3.63, 3.8) is 0 Å². The number of hydrogen-bond donors (Lipinski definition) is 2. The lowest BCUT2D eigenvalue weighted by Gasteiger charge is -2.15. The maximum Gasteiger partial charge on any atom is 0.223 e. The molecule has 3 heteroatoms. The van der Waals surface area contributed by atoms with E-state index in [1.54, 1.807) is 0 Å². The van der Waals surface area contributed by atoms with Crippen LogP contribution in [-0.2, 0) is 4.79 Å². The summed E-state index contributed by atoms with van der Waals surface area (Å²) in [5, 5.41) is 12.8. The Balaban J connectivity index is 1.52. The second-order valence-corrected chi connectivity index (χ2v) is 6.31. The summed E-state index contributed by atoms with van der Waals surface area (Å²) in [5.41, 5.74) is 2.59. The Morgan fingerprint density at radius 3 is 2.85 bits per heavy atom. The third kappa shape index (κ3) is 2.73. The fourth-order valence-electron chi connectivity index (χ4n) is 3.45. The van der Waals surface area contributed by atoms with Crippen molar-refractivity contribution < 1.29 is 9.90 Å².